The predicted molar refractivity (Wildman–Crippen MR) is 284 cm³/mol. The molecule has 21 heteroatoms. The number of hydrogen-bond donors (Lipinski definition) is 2. The van der Waals surface area contributed by atoms with Crippen molar-refractivity contribution in [3.05, 3.63) is 46.2 Å². The number of carbonyl (C=O) groups excluding carboxylic acids is 4. The number of rotatable bonds is 15. The highest BCUT2D eigenvalue weighted by atomic mass is 35.5. The Hall–Kier alpha value is -4.21. The van der Waals surface area contributed by atoms with Crippen LogP contribution in [0.1, 0.15) is 112 Å². The van der Waals surface area contributed by atoms with E-state index in [4.69, 9.17) is 61.1 Å². The number of urea groups is 1. The number of carbonyl (C=O) groups is 4. The van der Waals surface area contributed by atoms with Gasteiger partial charge in [-0.05, 0) is 91.2 Å². The van der Waals surface area contributed by atoms with Gasteiger partial charge in [0.25, 0.3) is 0 Å². The molecule has 5 heterocycles. The third kappa shape index (κ3) is 12.9. The second kappa shape index (κ2) is 25.7. The number of nitrogens with zero attached hydrogens (tertiary/aromatic N) is 5. The maximum absolute atomic E-state index is 14.9. The van der Waals surface area contributed by atoms with Crippen LogP contribution in [0.5, 0.6) is 11.5 Å². The van der Waals surface area contributed by atoms with Gasteiger partial charge >= 0.3 is 18.1 Å². The summed E-state index contributed by atoms with van der Waals surface area (Å²) in [6.07, 6.45) is 0.918. The smallest absolute Gasteiger partial charge is 0.410 e. The number of Topliss-reactive ketones (excluding diaryl/α,β-unsaturated/α-hetero) is 1. The maximum atomic E-state index is 14.9. The number of ether oxygens (including phenoxy) is 8. The first-order valence-electron chi connectivity index (χ1n) is 27.1. The first-order chi connectivity index (χ1) is 36.2. The van der Waals surface area contributed by atoms with Crippen LogP contribution in [0.4, 0.5) is 15.3 Å². The number of amides is 3. The Balaban J connectivity index is 1.16. The number of fused-ring (bicyclic) bond motifs is 1. The van der Waals surface area contributed by atoms with E-state index in [-0.39, 0.29) is 50.3 Å². The van der Waals surface area contributed by atoms with E-state index in [1.165, 1.54) is 12.0 Å². The number of anilines is 1. The second-order valence-corrected chi connectivity index (χ2v) is 22.6. The highest BCUT2D eigenvalue weighted by Crippen LogP contribution is 2.44. The molecular weight excluding hydrogens is 1030 g/mol. The molecule has 1 unspecified atom stereocenters. The van der Waals surface area contributed by atoms with E-state index in [1.54, 1.807) is 71.0 Å². The summed E-state index contributed by atoms with van der Waals surface area (Å²) in [5.41, 5.74) is -1.37. The Labute approximate surface area is 458 Å². The Kier molecular flexibility index (Phi) is 20.1. The number of morpholine rings is 1. The van der Waals surface area contributed by atoms with Gasteiger partial charge in [0, 0.05) is 94.8 Å². The van der Waals surface area contributed by atoms with Crippen LogP contribution in [0.3, 0.4) is 0 Å². The summed E-state index contributed by atoms with van der Waals surface area (Å²) < 4.78 is 49.5. The van der Waals surface area contributed by atoms with Crippen molar-refractivity contribution in [3.8, 4) is 11.5 Å². The molecule has 0 bridgehead atoms. The maximum Gasteiger partial charge on any atom is 0.410 e. The largest absolute Gasteiger partial charge is 0.493 e. The van der Waals surface area contributed by atoms with Crippen LogP contribution in [0.15, 0.2) is 30.6 Å². The molecule has 1 aliphatic carbocycles. The summed E-state index contributed by atoms with van der Waals surface area (Å²) in [5.74, 6) is -2.62. The van der Waals surface area contributed by atoms with Gasteiger partial charge in [-0.1, -0.05) is 44.0 Å². The fourth-order valence-corrected chi connectivity index (χ4v) is 12.5. The molecule has 1 saturated carbocycles. The van der Waals surface area contributed by atoms with Crippen LogP contribution in [-0.4, -0.2) is 181 Å². The van der Waals surface area contributed by atoms with Crippen molar-refractivity contribution in [2.45, 2.75) is 179 Å². The summed E-state index contributed by atoms with van der Waals surface area (Å²) in [5, 5.41) is 24.9. The van der Waals surface area contributed by atoms with Gasteiger partial charge in [0.15, 0.2) is 23.4 Å². The van der Waals surface area contributed by atoms with E-state index in [1.807, 2.05) is 32.0 Å². The van der Waals surface area contributed by atoms with E-state index >= 15 is 0 Å². The van der Waals surface area contributed by atoms with Crippen LogP contribution >= 0.6 is 23.2 Å². The Morgan fingerprint density at radius 2 is 1.64 bits per heavy atom. The number of aliphatic hydroxyl groups excluding tert-OH is 2. The standard InChI is InChI=1S/C55H81Cl2N5O14/c1-11-45-55(7)48(62(53(68)76-55)22-14-21-61(31-38-39(56)29-58-30-40(38)57)36-17-18-43(69-9)44(28-36)73-37-15-12-13-16-37)33(3)42(63)19-20-54(6,70-10)49(34(4)46(64)35(5)50(66)74-45)75-51-47(65)41(27-32(2)72-51)59(8)52(67)60-23-25-71-26-24-60/h17-18,28-30,32-35,37,41,45-49,51,64-65H,11-16,19-27,31H2,1-10H3/t32-,33+,34+,35-,41+,45-,46+,47-,48-,49-,51?,54-,55-/m1/s1. The van der Waals surface area contributed by atoms with Gasteiger partial charge in [0.2, 0.25) is 0 Å². The number of hydrogen-bond acceptors (Lipinski definition) is 16. The first-order valence-corrected chi connectivity index (χ1v) is 27.8. The first kappa shape index (κ1) is 59.5. The molecule has 2 aromatic rings. The number of aromatic nitrogens is 1. The van der Waals surface area contributed by atoms with Gasteiger partial charge in [-0.3, -0.25) is 14.6 Å². The monoisotopic (exact) mass is 1110 g/mol. The van der Waals surface area contributed by atoms with Crippen LogP contribution in [0.2, 0.25) is 10.0 Å². The minimum atomic E-state index is -1.49. The summed E-state index contributed by atoms with van der Waals surface area (Å²) in [7, 11) is 4.73. The van der Waals surface area contributed by atoms with Gasteiger partial charge in [-0.15, -0.1) is 0 Å². The van der Waals surface area contributed by atoms with Crippen LogP contribution < -0.4 is 14.4 Å². The van der Waals surface area contributed by atoms with Crippen molar-refractivity contribution in [1.82, 2.24) is 19.7 Å². The minimum Gasteiger partial charge on any atom is -0.493 e. The van der Waals surface area contributed by atoms with Crippen molar-refractivity contribution < 1.29 is 67.3 Å². The highest BCUT2D eigenvalue weighted by Gasteiger charge is 2.60. The van der Waals surface area contributed by atoms with E-state index in [0.29, 0.717) is 72.8 Å². The molecule has 0 radical (unpaired) electrons. The Morgan fingerprint density at radius 1 is 0.961 bits per heavy atom. The lowest BCUT2D eigenvalue weighted by atomic mass is 9.75. The molecule has 4 aliphatic heterocycles. The molecule has 19 nitrogen and oxygen atoms in total. The molecule has 1 aromatic carbocycles. The molecular formula is C55H81Cl2N5O14. The molecule has 1 aromatic heterocycles. The Morgan fingerprint density at radius 3 is 2.29 bits per heavy atom. The lowest BCUT2D eigenvalue weighted by molar-refractivity contribution is -0.300. The van der Waals surface area contributed by atoms with Gasteiger partial charge in [0.1, 0.15) is 18.0 Å². The van der Waals surface area contributed by atoms with Crippen molar-refractivity contribution in [2.75, 3.05) is 65.6 Å². The number of likely N-dealkylation sites (N-methyl/N-ethyl adjacent to an activating group) is 1. The average Bonchev–Trinajstić information content (AvgIpc) is 4.05. The van der Waals surface area contributed by atoms with Crippen molar-refractivity contribution in [3.63, 3.8) is 0 Å². The zero-order valence-electron chi connectivity index (χ0n) is 45.9. The lowest BCUT2D eigenvalue weighted by Gasteiger charge is -2.48. The van der Waals surface area contributed by atoms with Crippen LogP contribution in [0, 0.1) is 17.8 Å². The van der Waals surface area contributed by atoms with Gasteiger partial charge in [-0.25, -0.2) is 9.59 Å². The van der Waals surface area contributed by atoms with E-state index in [9.17, 15) is 29.4 Å². The predicted octanol–water partition coefficient (Wildman–Crippen LogP) is 7.69. The van der Waals surface area contributed by atoms with Crippen LogP contribution in [0.25, 0.3) is 0 Å². The number of pyridine rings is 1. The van der Waals surface area contributed by atoms with Gasteiger partial charge in [0.05, 0.1) is 78.4 Å². The van der Waals surface area contributed by atoms with E-state index in [0.717, 1.165) is 31.4 Å². The van der Waals surface area contributed by atoms with Gasteiger partial charge in [-0.2, -0.15) is 0 Å². The molecule has 13 atom stereocenters. The molecule has 4 saturated heterocycles. The fourth-order valence-electron chi connectivity index (χ4n) is 12.0. The number of aliphatic hydroxyl groups is 2. The summed E-state index contributed by atoms with van der Waals surface area (Å²) in [4.78, 5) is 68.4. The second-order valence-electron chi connectivity index (χ2n) is 21.8. The average molecular weight is 1110 g/mol. The number of methoxy groups -OCH3 is 2. The number of cyclic esters (lactones) is 1. The zero-order valence-corrected chi connectivity index (χ0v) is 47.4. The van der Waals surface area contributed by atoms with Crippen LogP contribution in [-0.2, 0) is 44.6 Å². The highest BCUT2D eigenvalue weighted by molar-refractivity contribution is 6.35. The summed E-state index contributed by atoms with van der Waals surface area (Å²) >= 11 is 13.4. The lowest BCUT2D eigenvalue weighted by Crippen LogP contribution is -2.62. The quantitative estimate of drug-likeness (QED) is 0.164. The van der Waals surface area contributed by atoms with Crippen molar-refractivity contribution in [1.29, 1.82) is 0 Å². The number of esters is 1. The molecule has 3 amide bonds. The third-order valence-electron chi connectivity index (χ3n) is 16.8. The fraction of sp³-hybridized carbons (Fsp3) is 0.727. The molecule has 2 N–H and O–H groups in total. The number of ketones is 1. The van der Waals surface area contributed by atoms with Crippen molar-refractivity contribution >= 4 is 52.8 Å². The number of halogens is 2. The Bertz CT molecular complexity index is 2310. The zero-order chi connectivity index (χ0) is 55.2. The van der Waals surface area contributed by atoms with E-state index < -0.39 is 89.9 Å². The summed E-state index contributed by atoms with van der Waals surface area (Å²) in [6.45, 7) is 14.6. The molecule has 7 rings (SSSR count). The van der Waals surface area contributed by atoms with E-state index in [2.05, 4.69) is 9.88 Å². The summed E-state index contributed by atoms with van der Waals surface area (Å²) in [6, 6.07) is 3.87. The molecule has 0 spiro atoms. The number of benzene rings is 1. The minimum absolute atomic E-state index is 0.0528. The topological polar surface area (TPSA) is 208 Å². The molecule has 76 heavy (non-hydrogen) atoms. The molecule has 5 aliphatic rings. The van der Waals surface area contributed by atoms with Gasteiger partial charge < -0.3 is 67.7 Å². The SMILES string of the molecule is CC[C@H]1OC(=O)[C@H](C)[C@@H](O)[C@H](C)[C@@H](OC2O[C@H](C)C[C@H](N(C)C(=O)N3CCOCC3)[C@H]2O)[C@](C)(OC)CCC(=O)[C@H](C)[C@H]2N(CCCN(Cc3c(Cl)cncc3Cl)c3ccc(OC)c(OC4CCCC4)c3)C(=O)O[C@]12C. The van der Waals surface area contributed by atoms with Crippen molar-refractivity contribution in [2.24, 2.45) is 17.8 Å². The normalized spacial score (nSPS) is 33.0. The molecule has 424 valence electrons. The molecule has 5 fully saturated rings. The third-order valence-corrected chi connectivity index (χ3v) is 17.4.